The van der Waals surface area contributed by atoms with Gasteiger partial charge in [-0.2, -0.15) is 0 Å². The normalized spacial score (nSPS) is 12.1. The van der Waals surface area contributed by atoms with Crippen molar-refractivity contribution in [2.75, 3.05) is 7.11 Å². The lowest BCUT2D eigenvalue weighted by atomic mass is 10.0. The van der Waals surface area contributed by atoms with Crippen molar-refractivity contribution in [1.82, 2.24) is 10.3 Å². The number of methoxy groups -OCH3 is 1. The molecule has 25 heavy (non-hydrogen) atoms. The Kier molecular flexibility index (Phi) is 7.87. The lowest BCUT2D eigenvalue weighted by Crippen LogP contribution is -2.34. The fourth-order valence-corrected chi connectivity index (χ4v) is 2.91. The highest BCUT2D eigenvalue weighted by molar-refractivity contribution is 6.01. The molecule has 1 aromatic rings. The SMILES string of the molecule is COC(=O)c1c(CC(=O)NC(C)CCCC(C)C)[nH]c(C(C)=O)c1C. The quantitative estimate of drug-likeness (QED) is 0.529. The second kappa shape index (κ2) is 9.39. The van der Waals surface area contributed by atoms with Gasteiger partial charge in [-0.05, 0) is 31.7 Å². The molecule has 0 saturated carbocycles. The number of hydrogen-bond acceptors (Lipinski definition) is 4. The molecule has 1 atom stereocenters. The summed E-state index contributed by atoms with van der Waals surface area (Å²) >= 11 is 0. The van der Waals surface area contributed by atoms with Gasteiger partial charge < -0.3 is 15.0 Å². The van der Waals surface area contributed by atoms with E-state index in [4.69, 9.17) is 4.74 Å². The summed E-state index contributed by atoms with van der Waals surface area (Å²) in [6.45, 7) is 9.42. The van der Waals surface area contributed by atoms with Crippen molar-refractivity contribution in [1.29, 1.82) is 0 Å². The van der Waals surface area contributed by atoms with Crippen molar-refractivity contribution in [3.63, 3.8) is 0 Å². The Morgan fingerprint density at radius 2 is 1.80 bits per heavy atom. The number of esters is 1. The third kappa shape index (κ3) is 6.03. The Morgan fingerprint density at radius 3 is 2.32 bits per heavy atom. The maximum absolute atomic E-state index is 12.3. The number of carbonyl (C=O) groups is 3. The Bertz CT molecular complexity index is 632. The molecule has 1 heterocycles. The molecule has 6 heteroatoms. The highest BCUT2D eigenvalue weighted by Gasteiger charge is 2.24. The first-order valence-corrected chi connectivity index (χ1v) is 8.77. The monoisotopic (exact) mass is 350 g/mol. The summed E-state index contributed by atoms with van der Waals surface area (Å²) in [6, 6.07) is 0.0659. The van der Waals surface area contributed by atoms with Crippen LogP contribution in [0.2, 0.25) is 0 Å². The number of rotatable bonds is 9. The number of Topliss-reactive ketones (excluding diaryl/α,β-unsaturated/α-hetero) is 1. The molecule has 1 aromatic heterocycles. The Balaban J connectivity index is 2.81. The molecule has 2 N–H and O–H groups in total. The summed E-state index contributed by atoms with van der Waals surface area (Å²) in [5.41, 5.74) is 1.55. The van der Waals surface area contributed by atoms with Crippen molar-refractivity contribution >= 4 is 17.7 Å². The van der Waals surface area contributed by atoms with Crippen molar-refractivity contribution in [2.24, 2.45) is 5.92 Å². The molecule has 0 spiro atoms. The predicted octanol–water partition coefficient (Wildman–Crippen LogP) is 3.19. The van der Waals surface area contributed by atoms with Crippen molar-refractivity contribution < 1.29 is 19.1 Å². The molecular weight excluding hydrogens is 320 g/mol. The molecule has 0 aromatic carbocycles. The van der Waals surface area contributed by atoms with E-state index in [-0.39, 0.29) is 29.7 Å². The first kappa shape index (κ1) is 20.9. The minimum absolute atomic E-state index is 0.00702. The number of ether oxygens (including phenoxy) is 1. The van der Waals surface area contributed by atoms with Gasteiger partial charge in [-0.25, -0.2) is 4.79 Å². The number of amides is 1. The molecular formula is C19H30N2O4. The first-order valence-electron chi connectivity index (χ1n) is 8.77. The number of nitrogens with one attached hydrogen (secondary N) is 2. The second-order valence-electron chi connectivity index (χ2n) is 7.00. The lowest BCUT2D eigenvalue weighted by Gasteiger charge is -2.14. The zero-order valence-corrected chi connectivity index (χ0v) is 16.1. The van der Waals surface area contributed by atoms with E-state index in [9.17, 15) is 14.4 Å². The van der Waals surface area contributed by atoms with Crippen LogP contribution in [0.4, 0.5) is 0 Å². The number of carbonyl (C=O) groups excluding carboxylic acids is 3. The number of aromatic amines is 1. The van der Waals surface area contributed by atoms with E-state index in [0.29, 0.717) is 22.9 Å². The summed E-state index contributed by atoms with van der Waals surface area (Å²) in [6.07, 6.45) is 3.11. The molecule has 0 aliphatic carbocycles. The highest BCUT2D eigenvalue weighted by Crippen LogP contribution is 2.21. The van der Waals surface area contributed by atoms with Crippen LogP contribution in [-0.4, -0.2) is 35.8 Å². The standard InChI is InChI=1S/C19H30N2O4/c1-11(2)8-7-9-12(3)20-16(23)10-15-17(19(24)25-6)13(4)18(21-15)14(5)22/h11-12,21H,7-10H2,1-6H3,(H,20,23). The maximum atomic E-state index is 12.3. The molecule has 1 rings (SSSR count). The summed E-state index contributed by atoms with van der Waals surface area (Å²) in [5, 5.41) is 2.95. The van der Waals surface area contributed by atoms with Crippen LogP contribution in [0.15, 0.2) is 0 Å². The molecule has 1 unspecified atom stereocenters. The molecule has 6 nitrogen and oxygen atoms in total. The zero-order chi connectivity index (χ0) is 19.1. The average molecular weight is 350 g/mol. The Labute approximate surface area is 149 Å². The largest absolute Gasteiger partial charge is 0.465 e. The molecule has 0 bridgehead atoms. The van der Waals surface area contributed by atoms with Gasteiger partial charge in [0.25, 0.3) is 0 Å². The number of hydrogen-bond donors (Lipinski definition) is 2. The molecule has 0 aliphatic heterocycles. The van der Waals surface area contributed by atoms with E-state index < -0.39 is 5.97 Å². The van der Waals surface area contributed by atoms with E-state index in [0.717, 1.165) is 19.3 Å². The number of H-pyrrole nitrogens is 1. The first-order chi connectivity index (χ1) is 11.7. The predicted molar refractivity (Wildman–Crippen MR) is 96.9 cm³/mol. The fraction of sp³-hybridized carbons (Fsp3) is 0.632. The van der Waals surface area contributed by atoms with Crippen LogP contribution in [-0.2, 0) is 16.0 Å². The minimum atomic E-state index is -0.547. The van der Waals surface area contributed by atoms with Gasteiger partial charge >= 0.3 is 5.97 Å². The number of ketones is 1. The van der Waals surface area contributed by atoms with Crippen LogP contribution >= 0.6 is 0 Å². The average Bonchev–Trinajstić information content (AvgIpc) is 2.82. The molecule has 0 aliphatic rings. The summed E-state index contributed by atoms with van der Waals surface area (Å²) < 4.78 is 4.79. The fourth-order valence-electron chi connectivity index (χ4n) is 2.91. The smallest absolute Gasteiger partial charge is 0.339 e. The van der Waals surface area contributed by atoms with Gasteiger partial charge in [0.2, 0.25) is 5.91 Å². The van der Waals surface area contributed by atoms with Crippen LogP contribution in [0.3, 0.4) is 0 Å². The maximum Gasteiger partial charge on any atom is 0.339 e. The van der Waals surface area contributed by atoms with E-state index in [1.165, 1.54) is 14.0 Å². The van der Waals surface area contributed by atoms with E-state index >= 15 is 0 Å². The van der Waals surface area contributed by atoms with E-state index in [2.05, 4.69) is 24.1 Å². The van der Waals surface area contributed by atoms with Gasteiger partial charge in [0.15, 0.2) is 5.78 Å². The van der Waals surface area contributed by atoms with Crippen LogP contribution in [0.5, 0.6) is 0 Å². The van der Waals surface area contributed by atoms with Crippen LogP contribution in [0.25, 0.3) is 0 Å². The minimum Gasteiger partial charge on any atom is -0.465 e. The molecule has 140 valence electrons. The molecule has 0 fully saturated rings. The zero-order valence-electron chi connectivity index (χ0n) is 16.1. The van der Waals surface area contributed by atoms with Gasteiger partial charge in [-0.3, -0.25) is 9.59 Å². The van der Waals surface area contributed by atoms with E-state index in [1.807, 2.05) is 6.92 Å². The van der Waals surface area contributed by atoms with E-state index in [1.54, 1.807) is 6.92 Å². The second-order valence-corrected chi connectivity index (χ2v) is 7.00. The van der Waals surface area contributed by atoms with Crippen LogP contribution in [0.1, 0.15) is 79.1 Å². The summed E-state index contributed by atoms with van der Waals surface area (Å²) in [7, 11) is 1.28. The number of aromatic nitrogens is 1. The lowest BCUT2D eigenvalue weighted by molar-refractivity contribution is -0.121. The molecule has 0 saturated heterocycles. The highest BCUT2D eigenvalue weighted by atomic mass is 16.5. The van der Waals surface area contributed by atoms with Gasteiger partial charge in [-0.15, -0.1) is 0 Å². The Hall–Kier alpha value is -2.11. The third-order valence-electron chi connectivity index (χ3n) is 4.23. The third-order valence-corrected chi connectivity index (χ3v) is 4.23. The van der Waals surface area contributed by atoms with Gasteiger partial charge in [0.1, 0.15) is 0 Å². The molecule has 1 amide bonds. The van der Waals surface area contributed by atoms with Crippen LogP contribution in [0, 0.1) is 12.8 Å². The van der Waals surface area contributed by atoms with Gasteiger partial charge in [0, 0.05) is 18.7 Å². The topological polar surface area (TPSA) is 88.3 Å². The van der Waals surface area contributed by atoms with Gasteiger partial charge in [0.05, 0.1) is 24.8 Å². The van der Waals surface area contributed by atoms with Crippen LogP contribution < -0.4 is 5.32 Å². The summed E-state index contributed by atoms with van der Waals surface area (Å²) in [4.78, 5) is 38.9. The van der Waals surface area contributed by atoms with Crippen molar-refractivity contribution in [3.05, 3.63) is 22.5 Å². The Morgan fingerprint density at radius 1 is 1.16 bits per heavy atom. The van der Waals surface area contributed by atoms with Crippen molar-refractivity contribution in [2.45, 2.75) is 66.3 Å². The molecule has 0 radical (unpaired) electrons. The summed E-state index contributed by atoms with van der Waals surface area (Å²) in [5.74, 6) is -0.263. The van der Waals surface area contributed by atoms with Gasteiger partial charge in [-0.1, -0.05) is 26.7 Å². The van der Waals surface area contributed by atoms with Crippen molar-refractivity contribution in [3.8, 4) is 0 Å².